The van der Waals surface area contributed by atoms with Gasteiger partial charge in [-0.15, -0.1) is 0 Å². The first-order chi connectivity index (χ1) is 8.08. The van der Waals surface area contributed by atoms with E-state index in [1.165, 1.54) is 0 Å². The fourth-order valence-electron chi connectivity index (χ4n) is 1.69. The minimum Gasteiger partial charge on any atom is -0.379 e. The molecule has 1 aliphatic rings. The van der Waals surface area contributed by atoms with Crippen LogP contribution in [0.15, 0.2) is 15.8 Å². The number of aromatic nitrogens is 2. The summed E-state index contributed by atoms with van der Waals surface area (Å²) in [6.45, 7) is 2.64. The minimum atomic E-state index is -1.02. The number of aromatic amines is 1. The third kappa shape index (κ3) is 2.62. The summed E-state index contributed by atoms with van der Waals surface area (Å²) < 4.78 is 24.9. The average Bonchev–Trinajstić information content (AvgIpc) is 2.48. The molecule has 1 N–H and O–H groups in total. The average molecular weight is 244 g/mol. The molecule has 0 aromatic carbocycles. The Morgan fingerprint density at radius 2 is 2.29 bits per heavy atom. The standard InChI is InChI=1S/C10H13FN2O4/c1-6-5-16-3-2-8(17-6)13-4-7(11)9(14)12-10(13)15/h4,6,8H,2-3,5H2,1H3,(H,12,14,15)/t6-,8-/m1/s1. The van der Waals surface area contributed by atoms with Crippen LogP contribution in [0.4, 0.5) is 4.39 Å². The highest BCUT2D eigenvalue weighted by atomic mass is 19.1. The molecule has 7 heteroatoms. The van der Waals surface area contributed by atoms with Gasteiger partial charge in [0.2, 0.25) is 5.82 Å². The summed E-state index contributed by atoms with van der Waals surface area (Å²) in [6, 6.07) is 0. The highest BCUT2D eigenvalue weighted by Crippen LogP contribution is 2.17. The molecule has 17 heavy (non-hydrogen) atoms. The Bertz CT molecular complexity index is 510. The van der Waals surface area contributed by atoms with Gasteiger partial charge in [-0.3, -0.25) is 14.3 Å². The van der Waals surface area contributed by atoms with E-state index in [0.717, 1.165) is 10.8 Å². The van der Waals surface area contributed by atoms with Gasteiger partial charge in [-0.2, -0.15) is 4.39 Å². The Labute approximate surface area is 96.0 Å². The summed E-state index contributed by atoms with van der Waals surface area (Å²) in [5.74, 6) is -1.01. The number of hydrogen-bond acceptors (Lipinski definition) is 4. The van der Waals surface area contributed by atoms with Gasteiger partial charge in [0, 0.05) is 6.42 Å². The number of halogens is 1. The van der Waals surface area contributed by atoms with E-state index >= 15 is 0 Å². The highest BCUT2D eigenvalue weighted by molar-refractivity contribution is 4.88. The Hall–Kier alpha value is -1.47. The van der Waals surface area contributed by atoms with Gasteiger partial charge >= 0.3 is 5.69 Å². The first kappa shape index (κ1) is 12.0. The first-order valence-electron chi connectivity index (χ1n) is 5.32. The van der Waals surface area contributed by atoms with E-state index in [4.69, 9.17) is 9.47 Å². The SMILES string of the molecule is C[C@@H]1COCC[C@H](n2cc(F)c(=O)[nH]c2=O)O1. The van der Waals surface area contributed by atoms with Crippen molar-refractivity contribution in [2.24, 2.45) is 0 Å². The van der Waals surface area contributed by atoms with Crippen molar-refractivity contribution in [3.05, 3.63) is 32.9 Å². The summed E-state index contributed by atoms with van der Waals surface area (Å²) in [6.07, 6.45) is 0.482. The number of ether oxygens (including phenoxy) is 2. The topological polar surface area (TPSA) is 73.3 Å². The van der Waals surface area contributed by atoms with Gasteiger partial charge in [0.15, 0.2) is 0 Å². The fraction of sp³-hybridized carbons (Fsp3) is 0.600. The quantitative estimate of drug-likeness (QED) is 0.754. The second-order valence-corrected chi connectivity index (χ2v) is 3.91. The molecular formula is C10H13FN2O4. The van der Waals surface area contributed by atoms with E-state index in [9.17, 15) is 14.0 Å². The molecule has 2 rings (SSSR count). The maximum atomic E-state index is 13.1. The minimum absolute atomic E-state index is 0.190. The second kappa shape index (κ2) is 4.80. The van der Waals surface area contributed by atoms with Gasteiger partial charge in [0.1, 0.15) is 6.23 Å². The van der Waals surface area contributed by atoms with Crippen molar-refractivity contribution in [3.8, 4) is 0 Å². The van der Waals surface area contributed by atoms with Gasteiger partial charge in [-0.05, 0) is 6.92 Å². The Morgan fingerprint density at radius 1 is 1.53 bits per heavy atom. The number of H-pyrrole nitrogens is 1. The van der Waals surface area contributed by atoms with Gasteiger partial charge in [0.25, 0.3) is 5.56 Å². The summed E-state index contributed by atoms with van der Waals surface area (Å²) >= 11 is 0. The van der Waals surface area contributed by atoms with Crippen molar-refractivity contribution in [2.45, 2.75) is 25.7 Å². The monoisotopic (exact) mass is 244 g/mol. The lowest BCUT2D eigenvalue weighted by molar-refractivity contribution is -0.0468. The first-order valence-corrected chi connectivity index (χ1v) is 5.32. The molecule has 6 nitrogen and oxygen atoms in total. The molecule has 94 valence electrons. The van der Waals surface area contributed by atoms with Crippen LogP contribution in [0.1, 0.15) is 19.6 Å². The summed E-state index contributed by atoms with van der Waals surface area (Å²) in [5, 5.41) is 0. The van der Waals surface area contributed by atoms with Crippen molar-refractivity contribution in [1.29, 1.82) is 0 Å². The maximum Gasteiger partial charge on any atom is 0.330 e. The van der Waals surface area contributed by atoms with Crippen LogP contribution in [-0.2, 0) is 9.47 Å². The molecule has 1 saturated heterocycles. The van der Waals surface area contributed by atoms with Crippen LogP contribution in [0.5, 0.6) is 0 Å². The molecule has 2 heterocycles. The van der Waals surface area contributed by atoms with Crippen LogP contribution in [-0.4, -0.2) is 28.9 Å². The van der Waals surface area contributed by atoms with E-state index < -0.39 is 23.3 Å². The molecule has 0 amide bonds. The molecule has 1 aliphatic heterocycles. The van der Waals surface area contributed by atoms with Gasteiger partial charge < -0.3 is 9.47 Å². The molecule has 0 aliphatic carbocycles. The van der Waals surface area contributed by atoms with E-state index in [1.54, 1.807) is 6.92 Å². The van der Waals surface area contributed by atoms with Crippen LogP contribution in [0.2, 0.25) is 0 Å². The number of rotatable bonds is 1. The second-order valence-electron chi connectivity index (χ2n) is 3.91. The fourth-order valence-corrected chi connectivity index (χ4v) is 1.69. The molecule has 2 atom stereocenters. The summed E-state index contributed by atoms with van der Waals surface area (Å²) in [7, 11) is 0. The summed E-state index contributed by atoms with van der Waals surface area (Å²) in [4.78, 5) is 24.3. The molecule has 1 aromatic rings. The van der Waals surface area contributed by atoms with Crippen molar-refractivity contribution in [3.63, 3.8) is 0 Å². The Kier molecular flexibility index (Phi) is 3.39. The third-order valence-corrected chi connectivity index (χ3v) is 2.49. The predicted octanol–water partition coefficient (Wildman–Crippen LogP) is -0.000300. The van der Waals surface area contributed by atoms with E-state index in [2.05, 4.69) is 0 Å². The molecule has 0 spiro atoms. The molecular weight excluding hydrogens is 231 g/mol. The highest BCUT2D eigenvalue weighted by Gasteiger charge is 2.21. The van der Waals surface area contributed by atoms with E-state index in [1.807, 2.05) is 4.98 Å². The van der Waals surface area contributed by atoms with Crippen LogP contribution in [0.3, 0.4) is 0 Å². The zero-order valence-electron chi connectivity index (χ0n) is 9.31. The van der Waals surface area contributed by atoms with Crippen molar-refractivity contribution in [2.75, 3.05) is 13.2 Å². The molecule has 1 fully saturated rings. The molecule has 0 unspecified atom stereocenters. The van der Waals surface area contributed by atoms with Gasteiger partial charge in [-0.1, -0.05) is 0 Å². The van der Waals surface area contributed by atoms with Crippen LogP contribution in [0.25, 0.3) is 0 Å². The van der Waals surface area contributed by atoms with Crippen molar-refractivity contribution >= 4 is 0 Å². The maximum absolute atomic E-state index is 13.1. The van der Waals surface area contributed by atoms with Crippen molar-refractivity contribution < 1.29 is 13.9 Å². The number of nitrogens with zero attached hydrogens (tertiary/aromatic N) is 1. The number of nitrogens with one attached hydrogen (secondary N) is 1. The largest absolute Gasteiger partial charge is 0.379 e. The van der Waals surface area contributed by atoms with E-state index in [0.29, 0.717) is 19.6 Å². The third-order valence-electron chi connectivity index (χ3n) is 2.49. The van der Waals surface area contributed by atoms with Crippen molar-refractivity contribution in [1.82, 2.24) is 9.55 Å². The zero-order chi connectivity index (χ0) is 12.4. The lowest BCUT2D eigenvalue weighted by Gasteiger charge is -2.19. The predicted molar refractivity (Wildman–Crippen MR) is 56.3 cm³/mol. The Balaban J connectivity index is 2.35. The normalized spacial score (nSPS) is 25.5. The van der Waals surface area contributed by atoms with Crippen LogP contribution >= 0.6 is 0 Å². The Morgan fingerprint density at radius 3 is 3.06 bits per heavy atom. The number of hydrogen-bond donors (Lipinski definition) is 1. The van der Waals surface area contributed by atoms with E-state index in [-0.39, 0.29) is 6.10 Å². The van der Waals surface area contributed by atoms with Crippen LogP contribution in [0, 0.1) is 5.82 Å². The van der Waals surface area contributed by atoms with Crippen LogP contribution < -0.4 is 11.2 Å². The summed E-state index contributed by atoms with van der Waals surface area (Å²) in [5.41, 5.74) is -1.71. The smallest absolute Gasteiger partial charge is 0.330 e. The molecule has 0 saturated carbocycles. The lowest BCUT2D eigenvalue weighted by Crippen LogP contribution is -2.35. The lowest BCUT2D eigenvalue weighted by atomic mass is 10.4. The molecule has 0 bridgehead atoms. The van der Waals surface area contributed by atoms with Gasteiger partial charge in [-0.25, -0.2) is 4.79 Å². The zero-order valence-corrected chi connectivity index (χ0v) is 9.31. The molecule has 0 radical (unpaired) electrons. The van der Waals surface area contributed by atoms with Gasteiger partial charge in [0.05, 0.1) is 25.5 Å². The molecule has 1 aromatic heterocycles.